The second kappa shape index (κ2) is 7.64. The van der Waals surface area contributed by atoms with Gasteiger partial charge in [0.25, 0.3) is 5.91 Å². The zero-order chi connectivity index (χ0) is 21.1. The largest absolute Gasteiger partial charge is 0.502 e. The van der Waals surface area contributed by atoms with Gasteiger partial charge in [-0.15, -0.1) is 0 Å². The lowest BCUT2D eigenvalue weighted by molar-refractivity contribution is -0.386. The van der Waals surface area contributed by atoms with Crippen molar-refractivity contribution in [2.75, 3.05) is 5.32 Å². The summed E-state index contributed by atoms with van der Waals surface area (Å²) in [4.78, 5) is 33.2. The van der Waals surface area contributed by atoms with E-state index in [9.17, 15) is 35.2 Å². The second-order valence-electron chi connectivity index (χ2n) is 5.89. The van der Waals surface area contributed by atoms with Crippen LogP contribution in [0.3, 0.4) is 0 Å². The van der Waals surface area contributed by atoms with Gasteiger partial charge in [-0.25, -0.2) is 0 Å². The van der Waals surface area contributed by atoms with E-state index in [1.807, 2.05) is 0 Å². The van der Waals surface area contributed by atoms with Crippen molar-refractivity contribution in [3.63, 3.8) is 0 Å². The van der Waals surface area contributed by atoms with E-state index >= 15 is 0 Å². The Labute approximate surface area is 163 Å². The number of nitro groups is 2. The smallest absolute Gasteiger partial charge is 0.311 e. The molecular weight excluding hydrogens is 382 g/mol. The van der Waals surface area contributed by atoms with Crippen LogP contribution in [0.25, 0.3) is 11.1 Å². The Morgan fingerprint density at radius 1 is 0.862 bits per heavy atom. The van der Waals surface area contributed by atoms with Gasteiger partial charge in [0, 0.05) is 17.8 Å². The summed E-state index contributed by atoms with van der Waals surface area (Å²) in [5.74, 6) is -2.34. The van der Waals surface area contributed by atoms with E-state index < -0.39 is 44.2 Å². The molecule has 10 heteroatoms. The molecule has 0 bridgehead atoms. The highest BCUT2D eigenvalue weighted by Crippen LogP contribution is 2.39. The number of nitrogens with zero attached hydrogens (tertiary/aromatic N) is 2. The van der Waals surface area contributed by atoms with Crippen molar-refractivity contribution in [2.45, 2.75) is 0 Å². The van der Waals surface area contributed by atoms with Gasteiger partial charge in [-0.3, -0.25) is 25.0 Å². The molecule has 10 nitrogen and oxygen atoms in total. The van der Waals surface area contributed by atoms with Crippen LogP contribution in [0.15, 0.2) is 60.7 Å². The Hall–Kier alpha value is -4.47. The van der Waals surface area contributed by atoms with Crippen molar-refractivity contribution in [1.29, 1.82) is 0 Å². The fourth-order valence-corrected chi connectivity index (χ4v) is 2.76. The highest BCUT2D eigenvalue weighted by Gasteiger charge is 2.27. The van der Waals surface area contributed by atoms with Crippen LogP contribution in [-0.4, -0.2) is 26.0 Å². The quantitative estimate of drug-likeness (QED) is 0.438. The molecule has 0 aromatic heterocycles. The standard InChI is InChI=1S/C19H13N3O7/c23-16-10-11(6-8-14(16)21(26)27)13-7-9-15(22(28)29)18(24)17(13)19(25)20-12-4-2-1-3-5-12/h1-10,23-24H,(H,20,25). The minimum atomic E-state index is -0.862. The van der Waals surface area contributed by atoms with E-state index in [-0.39, 0.29) is 11.1 Å². The van der Waals surface area contributed by atoms with Crippen LogP contribution in [0, 0.1) is 20.2 Å². The molecule has 3 rings (SSSR count). The first-order valence-electron chi connectivity index (χ1n) is 8.14. The number of hydrogen-bond acceptors (Lipinski definition) is 7. The number of hydrogen-bond donors (Lipinski definition) is 3. The molecule has 3 aromatic rings. The fraction of sp³-hybridized carbons (Fsp3) is 0. The second-order valence-corrected chi connectivity index (χ2v) is 5.89. The Kier molecular flexibility index (Phi) is 5.09. The molecule has 3 aromatic carbocycles. The van der Waals surface area contributed by atoms with Crippen LogP contribution >= 0.6 is 0 Å². The van der Waals surface area contributed by atoms with Gasteiger partial charge in [0.2, 0.25) is 5.75 Å². The summed E-state index contributed by atoms with van der Waals surface area (Å²) >= 11 is 0. The molecule has 0 aliphatic heterocycles. The molecule has 0 radical (unpaired) electrons. The van der Waals surface area contributed by atoms with Crippen LogP contribution in [0.5, 0.6) is 11.5 Å². The molecule has 3 N–H and O–H groups in total. The minimum Gasteiger partial charge on any atom is -0.502 e. The first kappa shape index (κ1) is 19.3. The average molecular weight is 395 g/mol. The molecule has 0 heterocycles. The van der Waals surface area contributed by atoms with Crippen molar-refractivity contribution in [1.82, 2.24) is 0 Å². The van der Waals surface area contributed by atoms with E-state index in [1.54, 1.807) is 30.3 Å². The van der Waals surface area contributed by atoms with E-state index in [4.69, 9.17) is 0 Å². The predicted octanol–water partition coefficient (Wildman–Crippen LogP) is 3.83. The summed E-state index contributed by atoms with van der Waals surface area (Å²) < 4.78 is 0. The van der Waals surface area contributed by atoms with Crippen molar-refractivity contribution in [3.05, 3.63) is 86.5 Å². The van der Waals surface area contributed by atoms with Crippen LogP contribution in [0.1, 0.15) is 10.4 Å². The van der Waals surface area contributed by atoms with Crippen LogP contribution < -0.4 is 5.32 Å². The Bertz CT molecular complexity index is 1130. The van der Waals surface area contributed by atoms with Gasteiger partial charge in [-0.2, -0.15) is 0 Å². The SMILES string of the molecule is O=C(Nc1ccccc1)c1c(-c2ccc([N+](=O)[O-])c(O)c2)ccc([N+](=O)[O-])c1O. The maximum absolute atomic E-state index is 12.8. The lowest BCUT2D eigenvalue weighted by atomic mass is 9.96. The van der Waals surface area contributed by atoms with Crippen LogP contribution in [0.2, 0.25) is 0 Å². The summed E-state index contributed by atoms with van der Waals surface area (Å²) in [6, 6.07) is 13.8. The lowest BCUT2D eigenvalue weighted by Crippen LogP contribution is -2.14. The molecule has 0 unspecified atom stereocenters. The van der Waals surface area contributed by atoms with Gasteiger partial charge < -0.3 is 15.5 Å². The molecule has 0 aliphatic rings. The summed E-state index contributed by atoms with van der Waals surface area (Å²) in [5, 5.41) is 44.9. The highest BCUT2D eigenvalue weighted by atomic mass is 16.6. The van der Waals surface area contributed by atoms with E-state index in [0.29, 0.717) is 5.69 Å². The molecule has 0 fully saturated rings. The fourth-order valence-electron chi connectivity index (χ4n) is 2.76. The zero-order valence-electron chi connectivity index (χ0n) is 14.6. The van der Waals surface area contributed by atoms with Gasteiger partial charge in [0.15, 0.2) is 5.75 Å². The molecular formula is C19H13N3O7. The summed E-state index contributed by atoms with van der Waals surface area (Å²) in [7, 11) is 0. The number of para-hydroxylation sites is 1. The van der Waals surface area contributed by atoms with Gasteiger partial charge in [0.1, 0.15) is 0 Å². The van der Waals surface area contributed by atoms with Crippen LogP contribution in [-0.2, 0) is 0 Å². The number of phenolic OH excluding ortho intramolecular Hbond substituents is 2. The van der Waals surface area contributed by atoms with Gasteiger partial charge in [0.05, 0.1) is 15.4 Å². The third-order valence-electron chi connectivity index (χ3n) is 4.10. The third-order valence-corrected chi connectivity index (χ3v) is 4.10. The predicted molar refractivity (Wildman–Crippen MR) is 103 cm³/mol. The average Bonchev–Trinajstić information content (AvgIpc) is 2.67. The molecule has 29 heavy (non-hydrogen) atoms. The van der Waals surface area contributed by atoms with E-state index in [0.717, 1.165) is 18.2 Å². The number of aromatic hydroxyl groups is 2. The number of nitrogens with one attached hydrogen (secondary N) is 1. The zero-order valence-corrected chi connectivity index (χ0v) is 14.6. The van der Waals surface area contributed by atoms with Crippen LogP contribution in [0.4, 0.5) is 17.1 Å². The molecule has 0 saturated heterocycles. The molecule has 0 saturated carbocycles. The van der Waals surface area contributed by atoms with E-state index in [1.165, 1.54) is 12.1 Å². The van der Waals surface area contributed by atoms with Crippen molar-refractivity contribution >= 4 is 23.0 Å². The number of benzene rings is 3. The number of anilines is 1. The molecule has 1 amide bonds. The summed E-state index contributed by atoms with van der Waals surface area (Å²) in [6.07, 6.45) is 0. The first-order valence-corrected chi connectivity index (χ1v) is 8.14. The number of amides is 1. The van der Waals surface area contributed by atoms with Gasteiger partial charge >= 0.3 is 11.4 Å². The van der Waals surface area contributed by atoms with Crippen molar-refractivity contribution in [3.8, 4) is 22.6 Å². The third kappa shape index (κ3) is 3.81. The highest BCUT2D eigenvalue weighted by molar-refractivity contribution is 6.11. The summed E-state index contributed by atoms with van der Waals surface area (Å²) in [6.45, 7) is 0. The topological polar surface area (TPSA) is 156 Å². The molecule has 0 atom stereocenters. The van der Waals surface area contributed by atoms with Gasteiger partial charge in [-0.1, -0.05) is 18.2 Å². The normalized spacial score (nSPS) is 10.3. The number of carbonyl (C=O) groups excluding carboxylic acids is 1. The molecule has 146 valence electrons. The van der Waals surface area contributed by atoms with E-state index in [2.05, 4.69) is 5.32 Å². The number of phenols is 2. The monoisotopic (exact) mass is 395 g/mol. The van der Waals surface area contributed by atoms with Crippen molar-refractivity contribution in [2.24, 2.45) is 0 Å². The minimum absolute atomic E-state index is 0.0479. The maximum atomic E-state index is 12.8. The molecule has 0 aliphatic carbocycles. The Balaban J connectivity index is 2.16. The maximum Gasteiger partial charge on any atom is 0.311 e. The van der Waals surface area contributed by atoms with Gasteiger partial charge in [-0.05, 0) is 41.5 Å². The Morgan fingerprint density at radius 3 is 2.07 bits per heavy atom. The molecule has 0 spiro atoms. The number of rotatable bonds is 5. The lowest BCUT2D eigenvalue weighted by Gasteiger charge is -2.13. The summed E-state index contributed by atoms with van der Waals surface area (Å²) in [5.41, 5.74) is -1.05. The number of carbonyl (C=O) groups is 1. The first-order chi connectivity index (χ1) is 13.8. The number of nitro benzene ring substituents is 2. The van der Waals surface area contributed by atoms with Crippen molar-refractivity contribution < 1.29 is 24.9 Å². The Morgan fingerprint density at radius 2 is 1.48 bits per heavy atom.